The molecular formula is C15H32N2. The van der Waals surface area contributed by atoms with E-state index < -0.39 is 0 Å². The molecule has 17 heavy (non-hydrogen) atoms. The number of nitrogens with one attached hydrogen (secondary N) is 1. The summed E-state index contributed by atoms with van der Waals surface area (Å²) < 4.78 is 0. The molecule has 0 amide bonds. The van der Waals surface area contributed by atoms with Crippen molar-refractivity contribution >= 4 is 0 Å². The molecule has 0 aromatic heterocycles. The maximum Gasteiger partial charge on any atom is 0.00965 e. The van der Waals surface area contributed by atoms with Crippen LogP contribution in [0.1, 0.15) is 59.8 Å². The van der Waals surface area contributed by atoms with Crippen LogP contribution in [-0.2, 0) is 0 Å². The van der Waals surface area contributed by atoms with Crippen LogP contribution in [0, 0.1) is 5.92 Å². The molecule has 102 valence electrons. The molecule has 2 heteroatoms. The Balaban J connectivity index is 2.01. The maximum absolute atomic E-state index is 3.56. The minimum Gasteiger partial charge on any atom is -0.312 e. The van der Waals surface area contributed by atoms with Gasteiger partial charge in [-0.25, -0.2) is 0 Å². The number of rotatable bonds is 9. The lowest BCUT2D eigenvalue weighted by Gasteiger charge is -2.23. The van der Waals surface area contributed by atoms with Gasteiger partial charge in [0.1, 0.15) is 0 Å². The minimum atomic E-state index is 0.275. The molecule has 0 heterocycles. The maximum atomic E-state index is 3.56. The van der Waals surface area contributed by atoms with Crippen molar-refractivity contribution < 1.29 is 0 Å². The molecule has 0 bridgehead atoms. The predicted octanol–water partition coefficient (Wildman–Crippen LogP) is 3.28. The molecule has 1 aliphatic carbocycles. The number of unbranched alkanes of at least 4 members (excludes halogenated alkanes) is 1. The van der Waals surface area contributed by atoms with Crippen LogP contribution in [0.3, 0.4) is 0 Å². The third-order valence-electron chi connectivity index (χ3n) is 3.31. The lowest BCUT2D eigenvalue weighted by atomic mass is 10.1. The summed E-state index contributed by atoms with van der Waals surface area (Å²) in [5.74, 6) is 1.04. The van der Waals surface area contributed by atoms with Gasteiger partial charge >= 0.3 is 0 Å². The Morgan fingerprint density at radius 2 is 1.82 bits per heavy atom. The highest BCUT2D eigenvalue weighted by atomic mass is 15.1. The molecule has 0 unspecified atom stereocenters. The quantitative estimate of drug-likeness (QED) is 0.622. The van der Waals surface area contributed by atoms with Gasteiger partial charge in [-0.05, 0) is 78.4 Å². The van der Waals surface area contributed by atoms with E-state index in [1.54, 1.807) is 0 Å². The van der Waals surface area contributed by atoms with E-state index in [4.69, 9.17) is 0 Å². The van der Waals surface area contributed by atoms with Gasteiger partial charge in [-0.2, -0.15) is 0 Å². The van der Waals surface area contributed by atoms with E-state index >= 15 is 0 Å². The molecule has 1 N–H and O–H groups in total. The van der Waals surface area contributed by atoms with Crippen molar-refractivity contribution in [2.24, 2.45) is 5.92 Å². The second-order valence-corrected chi connectivity index (χ2v) is 6.63. The molecule has 1 aliphatic rings. The normalized spacial score (nSPS) is 16.8. The second-order valence-electron chi connectivity index (χ2n) is 6.63. The average Bonchev–Trinajstić information content (AvgIpc) is 2.99. The van der Waals surface area contributed by atoms with Gasteiger partial charge in [-0.1, -0.05) is 6.92 Å². The molecule has 1 rings (SSSR count). The van der Waals surface area contributed by atoms with E-state index in [1.165, 1.54) is 51.7 Å². The van der Waals surface area contributed by atoms with Crippen LogP contribution in [0.25, 0.3) is 0 Å². The second kappa shape index (κ2) is 7.38. The number of hydrogen-bond acceptors (Lipinski definition) is 2. The van der Waals surface area contributed by atoms with Crippen LogP contribution < -0.4 is 5.32 Å². The monoisotopic (exact) mass is 240 g/mol. The Labute approximate surface area is 108 Å². The zero-order valence-electron chi connectivity index (χ0n) is 12.4. The summed E-state index contributed by atoms with van der Waals surface area (Å²) in [5, 5.41) is 3.56. The number of nitrogens with zero attached hydrogens (tertiary/aromatic N) is 1. The van der Waals surface area contributed by atoms with Crippen LogP contribution >= 0.6 is 0 Å². The first-order chi connectivity index (χ1) is 8.01. The van der Waals surface area contributed by atoms with Crippen LogP contribution in [0.2, 0.25) is 0 Å². The zero-order valence-corrected chi connectivity index (χ0v) is 12.4. The van der Waals surface area contributed by atoms with Gasteiger partial charge < -0.3 is 10.2 Å². The third-order valence-corrected chi connectivity index (χ3v) is 3.31. The summed E-state index contributed by atoms with van der Waals surface area (Å²) in [5.41, 5.74) is 0.275. The molecule has 0 radical (unpaired) electrons. The van der Waals surface area contributed by atoms with Crippen LogP contribution in [-0.4, -0.2) is 36.6 Å². The Hall–Kier alpha value is -0.0800. The SMILES string of the molecule is CCCN(CCCCNC(C)(C)C)CC1CC1. The van der Waals surface area contributed by atoms with E-state index in [1.807, 2.05) is 0 Å². The first kappa shape index (κ1) is 15.0. The summed E-state index contributed by atoms with van der Waals surface area (Å²) in [4.78, 5) is 2.68. The Kier molecular flexibility index (Phi) is 6.50. The fourth-order valence-electron chi connectivity index (χ4n) is 2.20. The summed E-state index contributed by atoms with van der Waals surface area (Å²) in [6, 6.07) is 0. The Morgan fingerprint density at radius 3 is 2.35 bits per heavy atom. The van der Waals surface area contributed by atoms with E-state index in [0.717, 1.165) is 12.5 Å². The van der Waals surface area contributed by atoms with Gasteiger partial charge in [-0.3, -0.25) is 0 Å². The first-order valence-corrected chi connectivity index (χ1v) is 7.48. The molecule has 1 saturated carbocycles. The molecule has 0 aromatic carbocycles. The molecule has 0 atom stereocenters. The Bertz CT molecular complexity index is 192. The van der Waals surface area contributed by atoms with Crippen molar-refractivity contribution in [3.05, 3.63) is 0 Å². The smallest absolute Gasteiger partial charge is 0.00965 e. The first-order valence-electron chi connectivity index (χ1n) is 7.48. The van der Waals surface area contributed by atoms with E-state index in [-0.39, 0.29) is 5.54 Å². The van der Waals surface area contributed by atoms with Crippen molar-refractivity contribution in [1.29, 1.82) is 0 Å². The number of hydrogen-bond donors (Lipinski definition) is 1. The Morgan fingerprint density at radius 1 is 1.12 bits per heavy atom. The van der Waals surface area contributed by atoms with Gasteiger partial charge in [0.15, 0.2) is 0 Å². The predicted molar refractivity (Wildman–Crippen MR) is 76.4 cm³/mol. The van der Waals surface area contributed by atoms with Gasteiger partial charge in [0.2, 0.25) is 0 Å². The van der Waals surface area contributed by atoms with Crippen molar-refractivity contribution in [2.75, 3.05) is 26.2 Å². The van der Waals surface area contributed by atoms with E-state index in [2.05, 4.69) is 37.9 Å². The summed E-state index contributed by atoms with van der Waals surface area (Å²) >= 11 is 0. The highest BCUT2D eigenvalue weighted by molar-refractivity contribution is 4.77. The van der Waals surface area contributed by atoms with Gasteiger partial charge in [0.25, 0.3) is 0 Å². The molecular weight excluding hydrogens is 208 g/mol. The van der Waals surface area contributed by atoms with Crippen molar-refractivity contribution in [1.82, 2.24) is 10.2 Å². The van der Waals surface area contributed by atoms with Crippen molar-refractivity contribution in [3.63, 3.8) is 0 Å². The lowest BCUT2D eigenvalue weighted by Crippen LogP contribution is -2.36. The topological polar surface area (TPSA) is 15.3 Å². The van der Waals surface area contributed by atoms with Crippen LogP contribution in [0.15, 0.2) is 0 Å². The lowest BCUT2D eigenvalue weighted by molar-refractivity contribution is 0.256. The van der Waals surface area contributed by atoms with Crippen molar-refractivity contribution in [3.8, 4) is 0 Å². The largest absolute Gasteiger partial charge is 0.312 e. The third kappa shape index (κ3) is 8.62. The molecule has 0 aliphatic heterocycles. The fraction of sp³-hybridized carbons (Fsp3) is 1.00. The highest BCUT2D eigenvalue weighted by Crippen LogP contribution is 2.29. The molecule has 0 aromatic rings. The van der Waals surface area contributed by atoms with Gasteiger partial charge in [-0.15, -0.1) is 0 Å². The van der Waals surface area contributed by atoms with Crippen LogP contribution in [0.4, 0.5) is 0 Å². The minimum absolute atomic E-state index is 0.275. The molecule has 0 saturated heterocycles. The van der Waals surface area contributed by atoms with Gasteiger partial charge in [0.05, 0.1) is 0 Å². The molecule has 0 spiro atoms. The summed E-state index contributed by atoms with van der Waals surface area (Å²) in [6.45, 7) is 14.1. The zero-order chi connectivity index (χ0) is 12.7. The average molecular weight is 240 g/mol. The van der Waals surface area contributed by atoms with E-state index in [9.17, 15) is 0 Å². The highest BCUT2D eigenvalue weighted by Gasteiger charge is 2.23. The fourth-order valence-corrected chi connectivity index (χ4v) is 2.20. The van der Waals surface area contributed by atoms with E-state index in [0.29, 0.717) is 0 Å². The molecule has 1 fully saturated rings. The summed E-state index contributed by atoms with van der Waals surface area (Å²) in [7, 11) is 0. The van der Waals surface area contributed by atoms with Gasteiger partial charge in [0, 0.05) is 12.1 Å². The standard InChI is InChI=1S/C15H32N2/c1-5-11-17(13-14-8-9-14)12-7-6-10-16-15(2,3)4/h14,16H,5-13H2,1-4H3. The summed E-state index contributed by atoms with van der Waals surface area (Å²) in [6.07, 6.45) is 6.91. The molecule has 2 nitrogen and oxygen atoms in total. The van der Waals surface area contributed by atoms with Crippen LogP contribution in [0.5, 0.6) is 0 Å². The van der Waals surface area contributed by atoms with Crippen molar-refractivity contribution in [2.45, 2.75) is 65.3 Å².